The highest BCUT2D eigenvalue weighted by molar-refractivity contribution is 7.89. The number of aliphatic imine (C=N–C) groups is 1. The molecule has 7 heteroatoms. The van der Waals surface area contributed by atoms with Gasteiger partial charge in [0.25, 0.3) is 0 Å². The average Bonchev–Trinajstić information content (AvgIpc) is 2.74. The summed E-state index contributed by atoms with van der Waals surface area (Å²) in [4.78, 5) is 5.26. The first-order valence-corrected chi connectivity index (χ1v) is 12.8. The van der Waals surface area contributed by atoms with Crippen LogP contribution >= 0.6 is 0 Å². The lowest BCUT2D eigenvalue weighted by Crippen LogP contribution is -2.64. The van der Waals surface area contributed by atoms with Gasteiger partial charge in [-0.15, -0.1) is 0 Å². The fourth-order valence-corrected chi connectivity index (χ4v) is 6.89. The maximum absolute atomic E-state index is 13.5. The Labute approximate surface area is 192 Å². The Morgan fingerprint density at radius 3 is 2.25 bits per heavy atom. The standard InChI is InChI=1S/C25H34N4O2S/c1-18-5-7-22(8-6-18)17-27-24-25(28-12-11-26-24)9-13-29(14-10-25)32(30,31)23-20(3)15-19(2)16-21(23)4/h5-8,15-16,28H,9-14,17H2,1-4H3,(H,26,27). The molecule has 2 aromatic rings. The highest BCUT2D eigenvalue weighted by Crippen LogP contribution is 2.31. The molecule has 2 aromatic carbocycles. The number of hydrogen-bond donors (Lipinski definition) is 2. The molecule has 0 radical (unpaired) electrons. The molecule has 6 nitrogen and oxygen atoms in total. The molecule has 0 amide bonds. The highest BCUT2D eigenvalue weighted by atomic mass is 32.2. The zero-order chi connectivity index (χ0) is 22.9. The normalized spacial score (nSPS) is 19.1. The Morgan fingerprint density at radius 1 is 1.00 bits per heavy atom. The van der Waals surface area contributed by atoms with Crippen molar-refractivity contribution >= 4 is 15.9 Å². The van der Waals surface area contributed by atoms with Crippen molar-refractivity contribution in [2.24, 2.45) is 4.99 Å². The number of benzene rings is 2. The molecule has 1 fully saturated rings. The number of hydrogen-bond acceptors (Lipinski definition) is 5. The van der Waals surface area contributed by atoms with E-state index in [9.17, 15) is 8.42 Å². The third kappa shape index (κ3) is 4.47. The first-order chi connectivity index (χ1) is 15.2. The SMILES string of the molecule is Cc1ccc(CNC2=NCCNC23CCN(S(=O)(=O)c2c(C)cc(C)cc2C)CC3)cc1. The molecule has 172 valence electrons. The van der Waals surface area contributed by atoms with Crippen molar-refractivity contribution in [1.29, 1.82) is 0 Å². The van der Waals surface area contributed by atoms with E-state index in [1.54, 1.807) is 4.31 Å². The van der Waals surface area contributed by atoms with E-state index in [1.807, 2.05) is 32.9 Å². The molecule has 32 heavy (non-hydrogen) atoms. The van der Waals surface area contributed by atoms with Gasteiger partial charge < -0.3 is 10.6 Å². The van der Waals surface area contributed by atoms with Crippen LogP contribution in [0, 0.1) is 27.7 Å². The Balaban J connectivity index is 1.49. The van der Waals surface area contributed by atoms with Crippen LogP contribution in [-0.2, 0) is 16.6 Å². The quantitative estimate of drug-likeness (QED) is 0.744. The molecule has 0 bridgehead atoms. The molecule has 2 heterocycles. The minimum Gasteiger partial charge on any atom is -0.368 e. The van der Waals surface area contributed by atoms with Gasteiger partial charge in [-0.05, 0) is 57.2 Å². The van der Waals surface area contributed by atoms with Gasteiger partial charge in [-0.3, -0.25) is 4.99 Å². The predicted molar refractivity (Wildman–Crippen MR) is 130 cm³/mol. The number of sulfonamides is 1. The number of aryl methyl sites for hydroxylation is 4. The van der Waals surface area contributed by atoms with Crippen molar-refractivity contribution in [2.45, 2.75) is 57.5 Å². The monoisotopic (exact) mass is 454 g/mol. The van der Waals surface area contributed by atoms with Gasteiger partial charge in [0, 0.05) is 26.2 Å². The second kappa shape index (κ2) is 8.96. The zero-order valence-corrected chi connectivity index (χ0v) is 20.3. The Hall–Kier alpha value is -2.22. The van der Waals surface area contributed by atoms with Crippen molar-refractivity contribution in [1.82, 2.24) is 14.9 Å². The lowest BCUT2D eigenvalue weighted by Gasteiger charge is -2.44. The van der Waals surface area contributed by atoms with Gasteiger partial charge in [0.05, 0.1) is 17.0 Å². The summed E-state index contributed by atoms with van der Waals surface area (Å²) < 4.78 is 28.6. The number of amidine groups is 1. The summed E-state index contributed by atoms with van der Waals surface area (Å²) in [5, 5.41) is 7.20. The fourth-order valence-electron chi connectivity index (χ4n) is 5.04. The molecule has 2 aliphatic rings. The Kier molecular flexibility index (Phi) is 6.43. The van der Waals surface area contributed by atoms with E-state index in [0.29, 0.717) is 37.4 Å². The van der Waals surface area contributed by atoms with Crippen molar-refractivity contribution in [3.05, 3.63) is 64.2 Å². The Morgan fingerprint density at radius 2 is 1.62 bits per heavy atom. The van der Waals surface area contributed by atoms with E-state index < -0.39 is 10.0 Å². The lowest BCUT2D eigenvalue weighted by atomic mass is 9.85. The van der Waals surface area contributed by atoms with Crippen LogP contribution in [0.3, 0.4) is 0 Å². The lowest BCUT2D eigenvalue weighted by molar-refractivity contribution is 0.241. The average molecular weight is 455 g/mol. The summed E-state index contributed by atoms with van der Waals surface area (Å²) in [6.07, 6.45) is 1.41. The van der Waals surface area contributed by atoms with E-state index in [1.165, 1.54) is 11.1 Å². The largest absolute Gasteiger partial charge is 0.368 e. The van der Waals surface area contributed by atoms with E-state index in [4.69, 9.17) is 4.99 Å². The number of nitrogens with zero attached hydrogens (tertiary/aromatic N) is 2. The van der Waals surface area contributed by atoms with Crippen LogP contribution in [0.25, 0.3) is 0 Å². The van der Waals surface area contributed by atoms with Gasteiger partial charge in [-0.2, -0.15) is 4.31 Å². The minimum absolute atomic E-state index is 0.285. The van der Waals surface area contributed by atoms with E-state index in [2.05, 4.69) is 41.8 Å². The molecule has 4 rings (SSSR count). The third-order valence-corrected chi connectivity index (χ3v) is 8.86. The van der Waals surface area contributed by atoms with Crippen molar-refractivity contribution in [3.8, 4) is 0 Å². The molecule has 0 unspecified atom stereocenters. The molecular weight excluding hydrogens is 420 g/mol. The molecule has 2 aliphatic heterocycles. The molecule has 0 aromatic heterocycles. The van der Waals surface area contributed by atoms with Gasteiger partial charge in [0.2, 0.25) is 10.0 Å². The second-order valence-corrected chi connectivity index (χ2v) is 11.1. The van der Waals surface area contributed by atoms with Crippen LogP contribution in [0.15, 0.2) is 46.3 Å². The van der Waals surface area contributed by atoms with Crippen LogP contribution < -0.4 is 10.6 Å². The highest BCUT2D eigenvalue weighted by Gasteiger charge is 2.43. The van der Waals surface area contributed by atoms with Crippen molar-refractivity contribution in [2.75, 3.05) is 26.2 Å². The first-order valence-electron chi connectivity index (χ1n) is 11.4. The van der Waals surface area contributed by atoms with Gasteiger partial charge in [-0.1, -0.05) is 47.5 Å². The summed E-state index contributed by atoms with van der Waals surface area (Å²) in [6.45, 7) is 11.1. The van der Waals surface area contributed by atoms with Crippen LogP contribution in [0.2, 0.25) is 0 Å². The van der Waals surface area contributed by atoms with Gasteiger partial charge in [0.1, 0.15) is 5.84 Å². The molecule has 1 saturated heterocycles. The van der Waals surface area contributed by atoms with Crippen molar-refractivity contribution in [3.63, 3.8) is 0 Å². The van der Waals surface area contributed by atoms with Crippen LogP contribution in [0.5, 0.6) is 0 Å². The smallest absolute Gasteiger partial charge is 0.243 e. The Bertz CT molecular complexity index is 1090. The second-order valence-electron chi connectivity index (χ2n) is 9.21. The first kappa shape index (κ1) is 23.0. The maximum Gasteiger partial charge on any atom is 0.243 e. The summed E-state index contributed by atoms with van der Waals surface area (Å²) >= 11 is 0. The van der Waals surface area contributed by atoms with Gasteiger partial charge in [0.15, 0.2) is 0 Å². The van der Waals surface area contributed by atoms with Crippen LogP contribution in [0.4, 0.5) is 0 Å². The summed E-state index contributed by atoms with van der Waals surface area (Å²) in [6, 6.07) is 12.4. The topological polar surface area (TPSA) is 73.8 Å². The summed E-state index contributed by atoms with van der Waals surface area (Å²) in [5.74, 6) is 0.962. The zero-order valence-electron chi connectivity index (χ0n) is 19.5. The maximum atomic E-state index is 13.5. The predicted octanol–water partition coefficient (Wildman–Crippen LogP) is 3.24. The number of rotatable bonds is 4. The molecule has 0 aliphatic carbocycles. The van der Waals surface area contributed by atoms with E-state index in [0.717, 1.165) is 35.6 Å². The summed E-state index contributed by atoms with van der Waals surface area (Å²) in [7, 11) is -3.53. The van der Waals surface area contributed by atoms with Crippen LogP contribution in [-0.4, -0.2) is 50.3 Å². The van der Waals surface area contributed by atoms with E-state index >= 15 is 0 Å². The number of nitrogens with one attached hydrogen (secondary N) is 2. The molecule has 2 N–H and O–H groups in total. The van der Waals surface area contributed by atoms with Gasteiger partial charge in [-0.25, -0.2) is 8.42 Å². The summed E-state index contributed by atoms with van der Waals surface area (Å²) in [5.41, 5.74) is 4.90. The van der Waals surface area contributed by atoms with Gasteiger partial charge >= 0.3 is 0 Å². The third-order valence-electron chi connectivity index (χ3n) is 6.66. The minimum atomic E-state index is -3.53. The molecule has 0 saturated carbocycles. The molecule has 1 spiro atoms. The fraction of sp³-hybridized carbons (Fsp3) is 0.480. The van der Waals surface area contributed by atoms with Crippen LogP contribution in [0.1, 0.15) is 40.7 Å². The molecular formula is C25H34N4O2S. The van der Waals surface area contributed by atoms with E-state index in [-0.39, 0.29) is 5.54 Å². The van der Waals surface area contributed by atoms with Crippen molar-refractivity contribution < 1.29 is 8.42 Å². The molecule has 0 atom stereocenters. The number of piperidine rings is 1.